The topological polar surface area (TPSA) is 150 Å². The number of esters is 1. The van der Waals surface area contributed by atoms with E-state index in [2.05, 4.69) is 0 Å². The zero-order chi connectivity index (χ0) is 21.8. The number of hydrogen-bond acceptors (Lipinski definition) is 8. The van der Waals surface area contributed by atoms with E-state index in [0.29, 0.717) is 5.69 Å². The van der Waals surface area contributed by atoms with E-state index in [0.717, 1.165) is 6.07 Å². The van der Waals surface area contributed by atoms with Gasteiger partial charge in [-0.15, -0.1) is 0 Å². The van der Waals surface area contributed by atoms with Gasteiger partial charge in [-0.3, -0.25) is 34.6 Å². The fraction of sp³-hybridized carbons (Fsp3) is 0.211. The molecule has 1 atom stereocenters. The molecule has 1 fully saturated rings. The first kappa shape index (κ1) is 20.6. The molecule has 1 aliphatic heterocycles. The Morgan fingerprint density at radius 1 is 1.03 bits per heavy atom. The van der Waals surface area contributed by atoms with E-state index in [1.807, 2.05) is 0 Å². The average Bonchev–Trinajstić information content (AvgIpc) is 3.13. The summed E-state index contributed by atoms with van der Waals surface area (Å²) in [6, 6.07) is 10.4. The number of non-ortho nitro benzene ring substituents is 2. The van der Waals surface area contributed by atoms with Crippen molar-refractivity contribution in [1.82, 2.24) is 0 Å². The lowest BCUT2D eigenvalue weighted by molar-refractivity contribution is -0.385. The summed E-state index contributed by atoms with van der Waals surface area (Å²) in [4.78, 5) is 58.3. The average molecular weight is 413 g/mol. The highest BCUT2D eigenvalue weighted by Crippen LogP contribution is 2.27. The van der Waals surface area contributed by atoms with E-state index in [1.54, 1.807) is 0 Å². The number of nitrogens with zero attached hydrogens (tertiary/aromatic N) is 3. The second-order valence-corrected chi connectivity index (χ2v) is 6.52. The third kappa shape index (κ3) is 4.46. The van der Waals surface area contributed by atoms with E-state index in [4.69, 9.17) is 4.74 Å². The first-order valence-corrected chi connectivity index (χ1v) is 8.75. The molecule has 3 rings (SSSR count). The number of carbonyl (C=O) groups is 3. The molecule has 1 heterocycles. The normalized spacial score (nSPS) is 15.7. The van der Waals surface area contributed by atoms with Gasteiger partial charge in [0.05, 0.1) is 15.8 Å². The van der Waals surface area contributed by atoms with Gasteiger partial charge >= 0.3 is 5.97 Å². The second kappa shape index (κ2) is 8.47. The summed E-state index contributed by atoms with van der Waals surface area (Å²) in [5, 5.41) is 21.5. The monoisotopic (exact) mass is 413 g/mol. The van der Waals surface area contributed by atoms with Crippen molar-refractivity contribution in [2.24, 2.45) is 5.92 Å². The molecule has 0 saturated carbocycles. The van der Waals surface area contributed by atoms with Crippen LogP contribution in [0.15, 0.2) is 48.5 Å². The highest BCUT2D eigenvalue weighted by atomic mass is 16.6. The van der Waals surface area contributed by atoms with Gasteiger partial charge in [0.15, 0.2) is 6.61 Å². The van der Waals surface area contributed by atoms with Crippen LogP contribution in [0.5, 0.6) is 0 Å². The fourth-order valence-corrected chi connectivity index (χ4v) is 3.00. The Labute approximate surface area is 169 Å². The quantitative estimate of drug-likeness (QED) is 0.290. The van der Waals surface area contributed by atoms with Crippen molar-refractivity contribution in [3.63, 3.8) is 0 Å². The van der Waals surface area contributed by atoms with Crippen molar-refractivity contribution in [3.05, 3.63) is 74.3 Å². The number of benzene rings is 2. The van der Waals surface area contributed by atoms with E-state index in [9.17, 15) is 34.6 Å². The zero-order valence-corrected chi connectivity index (χ0v) is 15.4. The summed E-state index contributed by atoms with van der Waals surface area (Å²) in [5.74, 6) is -2.50. The predicted molar refractivity (Wildman–Crippen MR) is 102 cm³/mol. The van der Waals surface area contributed by atoms with Gasteiger partial charge in [-0.05, 0) is 12.1 Å². The van der Waals surface area contributed by atoms with Crippen molar-refractivity contribution >= 4 is 34.7 Å². The molecule has 1 saturated heterocycles. The number of anilines is 1. The maximum atomic E-state index is 12.3. The molecule has 0 radical (unpaired) electrons. The van der Waals surface area contributed by atoms with Crippen LogP contribution in [0.1, 0.15) is 16.8 Å². The van der Waals surface area contributed by atoms with Crippen LogP contribution in [0, 0.1) is 26.1 Å². The summed E-state index contributed by atoms with van der Waals surface area (Å²) in [6.07, 6.45) is -0.124. The van der Waals surface area contributed by atoms with E-state index in [-0.39, 0.29) is 35.8 Å². The van der Waals surface area contributed by atoms with Crippen LogP contribution in [0.4, 0.5) is 17.1 Å². The molecule has 0 spiro atoms. The van der Waals surface area contributed by atoms with Crippen LogP contribution in [-0.2, 0) is 14.3 Å². The lowest BCUT2D eigenvalue weighted by Gasteiger charge is -2.16. The molecule has 2 aromatic carbocycles. The molecule has 154 valence electrons. The minimum absolute atomic E-state index is 0.0144. The van der Waals surface area contributed by atoms with Crippen molar-refractivity contribution < 1.29 is 29.0 Å². The number of amides is 1. The van der Waals surface area contributed by atoms with Crippen molar-refractivity contribution in [2.45, 2.75) is 6.42 Å². The third-order valence-corrected chi connectivity index (χ3v) is 4.56. The summed E-state index contributed by atoms with van der Waals surface area (Å²) < 4.78 is 5.00. The van der Waals surface area contributed by atoms with Crippen molar-refractivity contribution in [3.8, 4) is 0 Å². The Bertz CT molecular complexity index is 1030. The van der Waals surface area contributed by atoms with Gasteiger partial charge in [0.1, 0.15) is 0 Å². The number of rotatable bonds is 7. The number of hydrogen-bond donors (Lipinski definition) is 0. The van der Waals surface area contributed by atoms with Crippen LogP contribution in [0.3, 0.4) is 0 Å². The molecule has 1 amide bonds. The molecule has 0 aliphatic carbocycles. The fourth-order valence-electron chi connectivity index (χ4n) is 3.00. The maximum Gasteiger partial charge on any atom is 0.311 e. The Balaban J connectivity index is 1.59. The Hall–Kier alpha value is -4.15. The summed E-state index contributed by atoms with van der Waals surface area (Å²) in [6.45, 7) is -0.595. The number of nitro groups is 2. The molecular formula is C19H15N3O8. The van der Waals surface area contributed by atoms with Crippen molar-refractivity contribution in [1.29, 1.82) is 0 Å². The van der Waals surface area contributed by atoms with Crippen LogP contribution in [0.25, 0.3) is 0 Å². The third-order valence-electron chi connectivity index (χ3n) is 4.56. The van der Waals surface area contributed by atoms with Crippen LogP contribution in [0.2, 0.25) is 0 Å². The van der Waals surface area contributed by atoms with Crippen LogP contribution in [-0.4, -0.2) is 40.7 Å². The van der Waals surface area contributed by atoms with Gasteiger partial charge in [-0.2, -0.15) is 0 Å². The number of nitro benzene ring substituents is 2. The van der Waals surface area contributed by atoms with Crippen LogP contribution >= 0.6 is 0 Å². The lowest BCUT2D eigenvalue weighted by atomic mass is 10.1. The van der Waals surface area contributed by atoms with Gasteiger partial charge in [0.2, 0.25) is 11.7 Å². The van der Waals surface area contributed by atoms with Gasteiger partial charge in [0.25, 0.3) is 11.4 Å². The molecule has 0 aromatic heterocycles. The van der Waals surface area contributed by atoms with Gasteiger partial charge < -0.3 is 9.64 Å². The molecule has 11 heteroatoms. The molecule has 11 nitrogen and oxygen atoms in total. The summed E-state index contributed by atoms with van der Waals surface area (Å²) >= 11 is 0. The highest BCUT2D eigenvalue weighted by Gasteiger charge is 2.36. The number of Topliss-reactive ketones (excluding diaryl/α,β-unsaturated/α-hetero) is 1. The van der Waals surface area contributed by atoms with Gasteiger partial charge in [-0.25, -0.2) is 0 Å². The Morgan fingerprint density at radius 3 is 2.33 bits per heavy atom. The van der Waals surface area contributed by atoms with Crippen molar-refractivity contribution in [2.75, 3.05) is 18.1 Å². The molecular weight excluding hydrogens is 398 g/mol. The SMILES string of the molecule is O=C(COC(=O)[C@@H]1CC(=O)N(c2ccc([N+](=O)[O-])cc2)C1)c1cccc([N+](=O)[O-])c1. The molecule has 0 bridgehead atoms. The first-order chi connectivity index (χ1) is 14.3. The summed E-state index contributed by atoms with van der Waals surface area (Å²) in [7, 11) is 0. The summed E-state index contributed by atoms with van der Waals surface area (Å²) in [5.41, 5.74) is 0.0638. The number of ether oxygens (including phenoxy) is 1. The first-order valence-electron chi connectivity index (χ1n) is 8.75. The molecule has 1 aliphatic rings. The predicted octanol–water partition coefficient (Wildman–Crippen LogP) is 2.28. The second-order valence-electron chi connectivity index (χ2n) is 6.52. The van der Waals surface area contributed by atoms with E-state index >= 15 is 0 Å². The minimum atomic E-state index is -0.800. The van der Waals surface area contributed by atoms with Crippen LogP contribution < -0.4 is 4.90 Å². The molecule has 2 aromatic rings. The minimum Gasteiger partial charge on any atom is -0.457 e. The zero-order valence-electron chi connectivity index (χ0n) is 15.4. The highest BCUT2D eigenvalue weighted by molar-refractivity contribution is 6.01. The lowest BCUT2D eigenvalue weighted by Crippen LogP contribution is -2.27. The van der Waals surface area contributed by atoms with E-state index < -0.39 is 34.1 Å². The number of ketones is 1. The Morgan fingerprint density at radius 2 is 1.70 bits per heavy atom. The maximum absolute atomic E-state index is 12.3. The van der Waals surface area contributed by atoms with Gasteiger partial charge in [-0.1, -0.05) is 12.1 Å². The molecule has 0 N–H and O–H groups in total. The molecule has 30 heavy (non-hydrogen) atoms. The number of carbonyl (C=O) groups excluding carboxylic acids is 3. The van der Waals surface area contributed by atoms with Gasteiger partial charge in [0, 0.05) is 48.5 Å². The van der Waals surface area contributed by atoms with E-state index in [1.165, 1.54) is 47.4 Å². The molecule has 0 unspecified atom stereocenters. The smallest absolute Gasteiger partial charge is 0.311 e. The standard InChI is InChI=1S/C19H15N3O8/c23-17(12-2-1-3-16(8-12)22(28)29)11-30-19(25)13-9-18(24)20(10-13)14-4-6-15(7-5-14)21(26)27/h1-8,13H,9-11H2/t13-/m1/s1. The Kier molecular flexibility index (Phi) is 5.81. The largest absolute Gasteiger partial charge is 0.457 e.